The van der Waals surface area contributed by atoms with Gasteiger partial charge in [0.15, 0.2) is 26.4 Å². The molecule has 4 aromatic rings. The molecule has 424 valence electrons. The third kappa shape index (κ3) is 16.5. The van der Waals surface area contributed by atoms with Crippen molar-refractivity contribution in [3.8, 4) is 23.0 Å². The van der Waals surface area contributed by atoms with Gasteiger partial charge in [0.25, 0.3) is 23.6 Å². The van der Waals surface area contributed by atoms with Gasteiger partial charge < -0.3 is 50.8 Å². The third-order valence-corrected chi connectivity index (χ3v) is 14.8. The van der Waals surface area contributed by atoms with Gasteiger partial charge in [-0.2, -0.15) is 0 Å². The monoisotopic (exact) mass is 1070 g/mol. The van der Waals surface area contributed by atoms with Gasteiger partial charge in [-0.3, -0.25) is 19.2 Å². The molecule has 2 heterocycles. The first-order valence-corrected chi connectivity index (χ1v) is 28.5. The van der Waals surface area contributed by atoms with Crippen LogP contribution in [0.2, 0.25) is 0 Å². The highest BCUT2D eigenvalue weighted by molar-refractivity contribution is 5.79. The zero-order valence-electron chi connectivity index (χ0n) is 49.0. The van der Waals surface area contributed by atoms with Crippen molar-refractivity contribution in [1.29, 1.82) is 0 Å². The highest BCUT2D eigenvalue weighted by Crippen LogP contribution is 2.44. The summed E-state index contributed by atoms with van der Waals surface area (Å²) in [6.45, 7) is 30.2. The van der Waals surface area contributed by atoms with Gasteiger partial charge in [-0.15, -0.1) is 0 Å². The van der Waals surface area contributed by atoms with Crippen LogP contribution in [-0.2, 0) is 66.5 Å². The molecule has 0 saturated heterocycles. The number of hydrogen-bond donors (Lipinski definition) is 6. The summed E-state index contributed by atoms with van der Waals surface area (Å²) in [7, 11) is 0. The highest BCUT2D eigenvalue weighted by atomic mass is 16.5. The number of amides is 4. The third-order valence-electron chi connectivity index (χ3n) is 14.8. The minimum Gasteiger partial charge on any atom is -0.483 e. The highest BCUT2D eigenvalue weighted by Gasteiger charge is 2.30. The van der Waals surface area contributed by atoms with E-state index in [4.69, 9.17) is 18.9 Å². The quantitative estimate of drug-likeness (QED) is 0.0885. The van der Waals surface area contributed by atoms with Crippen molar-refractivity contribution in [3.05, 3.63) is 115 Å². The molecule has 1 aliphatic carbocycles. The van der Waals surface area contributed by atoms with Crippen LogP contribution in [0.15, 0.2) is 48.5 Å². The lowest BCUT2D eigenvalue weighted by Crippen LogP contribution is -2.33. The summed E-state index contributed by atoms with van der Waals surface area (Å²) in [5.74, 6) is 1.42. The van der Waals surface area contributed by atoms with E-state index in [2.05, 4.69) is 164 Å². The Kier molecular flexibility index (Phi) is 19.7. The Labute approximate surface area is 465 Å². The number of ether oxygens (including phenoxy) is 4. The predicted octanol–water partition coefficient (Wildman–Crippen LogP) is 8.30. The van der Waals surface area contributed by atoms with Crippen LogP contribution < -0.4 is 50.8 Å². The maximum atomic E-state index is 13.8. The van der Waals surface area contributed by atoms with Crippen LogP contribution in [0.3, 0.4) is 0 Å². The van der Waals surface area contributed by atoms with Gasteiger partial charge in [-0.1, -0.05) is 132 Å². The molecule has 0 radical (unpaired) electrons. The molecule has 2 aliphatic heterocycles. The van der Waals surface area contributed by atoms with Gasteiger partial charge in [0.1, 0.15) is 23.0 Å². The van der Waals surface area contributed by atoms with Crippen molar-refractivity contribution in [1.82, 2.24) is 31.9 Å². The summed E-state index contributed by atoms with van der Waals surface area (Å²) in [4.78, 5) is 55.3. The van der Waals surface area contributed by atoms with Crippen LogP contribution >= 0.6 is 0 Å². The van der Waals surface area contributed by atoms with Gasteiger partial charge in [-0.25, -0.2) is 0 Å². The lowest BCUT2D eigenvalue weighted by Gasteiger charge is -2.29. The molecule has 0 aromatic heterocycles. The first kappa shape index (κ1) is 59.5. The van der Waals surface area contributed by atoms with E-state index in [1.54, 1.807) is 0 Å². The van der Waals surface area contributed by atoms with E-state index >= 15 is 0 Å². The predicted molar refractivity (Wildman–Crippen MR) is 310 cm³/mol. The number of hydrogen-bond acceptors (Lipinski definition) is 10. The molecule has 0 spiro atoms. The fourth-order valence-corrected chi connectivity index (χ4v) is 10.1. The van der Waals surface area contributed by atoms with Crippen molar-refractivity contribution in [2.45, 2.75) is 156 Å². The van der Waals surface area contributed by atoms with E-state index in [0.717, 1.165) is 92.4 Å². The standard InChI is InChI=1S/C64H90N6O8/c1-61(2,3)49-29-41-25-42-30-50(62(4,5)6)35-47-28-48-36-52(64(10,11)12)32-44-26-43-31-51(63(7,8)9)34-46(59(43)77-39-55(73)69-23-15-19-66-20-16-24-70-56(74)40-78-60(44)48)27-45(33-49)57(41)75-37-53(71)67-21-13-17-65-18-14-22-68-54(72)38-76-58(42)47/h29-36,65-66H,13-28,37-40H2,1-12H3,(H,67,71)(H,68,72)(H,69,73)(H,70,74). The van der Waals surface area contributed by atoms with Gasteiger partial charge in [-0.05, 0) is 140 Å². The van der Waals surface area contributed by atoms with E-state index in [0.29, 0.717) is 101 Å². The Bertz CT molecular complexity index is 2420. The van der Waals surface area contributed by atoms with Crippen LogP contribution in [0, 0.1) is 0 Å². The van der Waals surface area contributed by atoms with E-state index in [9.17, 15) is 19.2 Å². The first-order valence-electron chi connectivity index (χ1n) is 28.5. The SMILES string of the molecule is CC(C)(C)c1cc2c3c(c1)Cc1cc(C(C)(C)C)cc4c1OCC(=O)NCCCNCCCNC(=O)COc1c(cc(C(C)(C)C)cc1Cc1cc(C(C)(C)C)cc(c1OCC(=O)NCCCNCCCNC(=O)CO3)C2)C4. The number of benzene rings is 4. The molecule has 0 fully saturated rings. The number of carbonyl (C=O) groups excluding carboxylic acids is 4. The average Bonchev–Trinajstić information content (AvgIpc) is 3.43. The van der Waals surface area contributed by atoms with Gasteiger partial charge in [0.05, 0.1) is 0 Å². The maximum Gasteiger partial charge on any atom is 0.257 e. The molecule has 6 N–H and O–H groups in total. The van der Waals surface area contributed by atoms with Gasteiger partial charge in [0, 0.05) is 51.9 Å². The number of rotatable bonds is 0. The maximum absolute atomic E-state index is 13.8. The summed E-state index contributed by atoms with van der Waals surface area (Å²) in [5, 5.41) is 19.2. The Morgan fingerprint density at radius 2 is 0.474 bits per heavy atom. The Balaban J connectivity index is 1.60. The van der Waals surface area contributed by atoms with Crippen molar-refractivity contribution in [2.75, 3.05) is 78.8 Å². The topological polar surface area (TPSA) is 177 Å². The largest absolute Gasteiger partial charge is 0.483 e. The molecular formula is C64H90N6O8. The van der Waals surface area contributed by atoms with Crippen LogP contribution in [0.25, 0.3) is 0 Å². The van der Waals surface area contributed by atoms with Crippen LogP contribution in [-0.4, -0.2) is 102 Å². The summed E-state index contributed by atoms with van der Waals surface area (Å²) in [6.07, 6.45) is 4.23. The van der Waals surface area contributed by atoms with Crippen molar-refractivity contribution >= 4 is 23.6 Å². The first-order chi connectivity index (χ1) is 36.8. The molecule has 0 unspecified atom stereocenters. The molecule has 0 atom stereocenters. The second-order valence-corrected chi connectivity index (χ2v) is 25.7. The van der Waals surface area contributed by atoms with Crippen molar-refractivity contribution in [2.24, 2.45) is 0 Å². The molecule has 0 saturated carbocycles. The number of carbonyl (C=O) groups is 4. The zero-order chi connectivity index (χ0) is 56.4. The summed E-state index contributed by atoms with van der Waals surface area (Å²) >= 11 is 0. The molecular weight excluding hydrogens is 981 g/mol. The molecule has 3 aliphatic rings. The lowest BCUT2D eigenvalue weighted by molar-refractivity contribution is -0.123. The van der Waals surface area contributed by atoms with Crippen molar-refractivity contribution in [3.63, 3.8) is 0 Å². The Morgan fingerprint density at radius 3 is 0.641 bits per heavy atom. The summed E-state index contributed by atoms with van der Waals surface area (Å²) in [5.41, 5.74) is 9.82. The smallest absolute Gasteiger partial charge is 0.257 e. The molecule has 12 bridgehead atoms. The van der Waals surface area contributed by atoms with E-state index in [1.807, 2.05) is 0 Å². The second kappa shape index (κ2) is 25.8. The fraction of sp³-hybridized carbons (Fsp3) is 0.562. The van der Waals surface area contributed by atoms with E-state index in [1.165, 1.54) is 0 Å². The van der Waals surface area contributed by atoms with E-state index < -0.39 is 0 Å². The minimum absolute atomic E-state index is 0.211. The normalized spacial score (nSPS) is 17.8. The average molecular weight is 1070 g/mol. The molecule has 14 nitrogen and oxygen atoms in total. The van der Waals surface area contributed by atoms with Crippen LogP contribution in [0.4, 0.5) is 0 Å². The molecule has 78 heavy (non-hydrogen) atoms. The molecule has 4 amide bonds. The van der Waals surface area contributed by atoms with Crippen LogP contribution in [0.1, 0.15) is 176 Å². The molecule has 7 rings (SSSR count). The second-order valence-electron chi connectivity index (χ2n) is 25.7. The lowest BCUT2D eigenvalue weighted by atomic mass is 9.79. The minimum atomic E-state index is -0.320. The van der Waals surface area contributed by atoms with Gasteiger partial charge >= 0.3 is 0 Å². The fourth-order valence-electron chi connectivity index (χ4n) is 10.1. The van der Waals surface area contributed by atoms with Gasteiger partial charge in [0.2, 0.25) is 0 Å². The Hall–Kier alpha value is -6.12. The number of nitrogens with one attached hydrogen (secondary N) is 6. The Morgan fingerprint density at radius 1 is 0.295 bits per heavy atom. The van der Waals surface area contributed by atoms with E-state index in [-0.39, 0.29) is 71.7 Å². The van der Waals surface area contributed by atoms with Crippen LogP contribution in [0.5, 0.6) is 23.0 Å². The zero-order valence-corrected chi connectivity index (χ0v) is 49.0. The molecule has 4 aromatic carbocycles. The van der Waals surface area contributed by atoms with Crippen molar-refractivity contribution < 1.29 is 38.1 Å². The summed E-state index contributed by atoms with van der Waals surface area (Å²) in [6, 6.07) is 17.6. The molecule has 14 heteroatoms. The summed E-state index contributed by atoms with van der Waals surface area (Å²) < 4.78 is 27.6.